The van der Waals surface area contributed by atoms with Gasteiger partial charge in [-0.3, -0.25) is 9.59 Å². The second-order valence-corrected chi connectivity index (χ2v) is 9.09. The topological polar surface area (TPSA) is 58.6 Å². The van der Waals surface area contributed by atoms with Gasteiger partial charge in [0.1, 0.15) is 11.8 Å². The number of hydrogen-bond donors (Lipinski definition) is 1. The number of amides is 2. The molecule has 0 saturated carbocycles. The van der Waals surface area contributed by atoms with E-state index in [0.717, 1.165) is 22.6 Å². The molecule has 3 aromatic carbocycles. The summed E-state index contributed by atoms with van der Waals surface area (Å²) < 4.78 is 5.36. The summed E-state index contributed by atoms with van der Waals surface area (Å²) >= 11 is 1.73. The van der Waals surface area contributed by atoms with Crippen molar-refractivity contribution in [2.45, 2.75) is 31.2 Å². The van der Waals surface area contributed by atoms with Gasteiger partial charge in [-0.1, -0.05) is 72.8 Å². The van der Waals surface area contributed by atoms with Gasteiger partial charge in [0, 0.05) is 37.9 Å². The molecular formula is C28H32N2O3S. The number of nitrogens with zero attached hydrogens (tertiary/aromatic N) is 1. The molecule has 3 aromatic rings. The Labute approximate surface area is 206 Å². The van der Waals surface area contributed by atoms with Crippen LogP contribution >= 0.6 is 11.8 Å². The summed E-state index contributed by atoms with van der Waals surface area (Å²) in [6, 6.07) is 27.1. The summed E-state index contributed by atoms with van der Waals surface area (Å²) in [5.74, 6) is 2.06. The van der Waals surface area contributed by atoms with Crippen molar-refractivity contribution >= 4 is 23.6 Å². The number of ether oxygens (including phenoxy) is 1. The smallest absolute Gasteiger partial charge is 0.242 e. The average molecular weight is 477 g/mol. The highest BCUT2D eigenvalue weighted by Gasteiger charge is 2.29. The van der Waals surface area contributed by atoms with Crippen LogP contribution in [-0.4, -0.2) is 42.7 Å². The standard InChI is InChI=1S/C28H32N2O3S/c1-29-28(32)26(19-22-10-5-3-6-11-22)30(20-24-14-9-15-25(18-24)33-2)27(31)16-17-34-21-23-12-7-4-8-13-23/h3-15,18,26H,16-17,19-21H2,1-2H3,(H,29,32)/t26-/m0/s1. The molecule has 0 aliphatic heterocycles. The summed E-state index contributed by atoms with van der Waals surface area (Å²) in [5.41, 5.74) is 3.17. The molecule has 0 bridgehead atoms. The number of rotatable bonds is 12. The Balaban J connectivity index is 1.77. The number of carbonyl (C=O) groups excluding carboxylic acids is 2. The highest BCUT2D eigenvalue weighted by Crippen LogP contribution is 2.20. The van der Waals surface area contributed by atoms with Crippen LogP contribution in [0, 0.1) is 0 Å². The number of methoxy groups -OCH3 is 1. The third-order valence-corrected chi connectivity index (χ3v) is 6.61. The molecule has 0 aliphatic carbocycles. The average Bonchev–Trinajstić information content (AvgIpc) is 2.89. The second kappa shape index (κ2) is 13.5. The maximum absolute atomic E-state index is 13.5. The van der Waals surface area contributed by atoms with Crippen molar-refractivity contribution in [3.8, 4) is 5.75 Å². The first kappa shape index (κ1) is 25.4. The van der Waals surface area contributed by atoms with E-state index >= 15 is 0 Å². The second-order valence-electron chi connectivity index (χ2n) is 7.98. The fraction of sp³-hybridized carbons (Fsp3) is 0.286. The quantitative estimate of drug-likeness (QED) is 0.385. The molecule has 0 aromatic heterocycles. The number of nitrogens with one attached hydrogen (secondary N) is 1. The van der Waals surface area contributed by atoms with Crippen LogP contribution in [0.2, 0.25) is 0 Å². The molecule has 0 spiro atoms. The summed E-state index contributed by atoms with van der Waals surface area (Å²) in [5, 5.41) is 2.76. The predicted molar refractivity (Wildman–Crippen MR) is 139 cm³/mol. The monoisotopic (exact) mass is 476 g/mol. The normalized spacial score (nSPS) is 11.5. The van der Waals surface area contributed by atoms with E-state index in [4.69, 9.17) is 4.74 Å². The van der Waals surface area contributed by atoms with E-state index in [1.165, 1.54) is 5.56 Å². The van der Waals surface area contributed by atoms with Crippen molar-refractivity contribution in [3.63, 3.8) is 0 Å². The van der Waals surface area contributed by atoms with Crippen LogP contribution in [0.15, 0.2) is 84.9 Å². The summed E-state index contributed by atoms with van der Waals surface area (Å²) in [7, 11) is 3.24. The van der Waals surface area contributed by atoms with Gasteiger partial charge in [-0.15, -0.1) is 0 Å². The molecule has 0 saturated heterocycles. The van der Waals surface area contributed by atoms with E-state index in [-0.39, 0.29) is 11.8 Å². The Morgan fingerprint density at radius 1 is 0.912 bits per heavy atom. The fourth-order valence-corrected chi connectivity index (χ4v) is 4.65. The molecule has 0 unspecified atom stereocenters. The van der Waals surface area contributed by atoms with Crippen LogP contribution in [0.1, 0.15) is 23.1 Å². The van der Waals surface area contributed by atoms with E-state index in [0.29, 0.717) is 25.1 Å². The van der Waals surface area contributed by atoms with Crippen molar-refractivity contribution in [1.82, 2.24) is 10.2 Å². The first-order valence-electron chi connectivity index (χ1n) is 11.4. The zero-order valence-corrected chi connectivity index (χ0v) is 20.6. The molecule has 2 amide bonds. The minimum atomic E-state index is -0.606. The molecule has 0 aliphatic rings. The minimum Gasteiger partial charge on any atom is -0.497 e. The summed E-state index contributed by atoms with van der Waals surface area (Å²) in [6.45, 7) is 0.338. The van der Waals surface area contributed by atoms with Crippen LogP contribution in [-0.2, 0) is 28.3 Å². The van der Waals surface area contributed by atoms with Crippen LogP contribution in [0.4, 0.5) is 0 Å². The van der Waals surface area contributed by atoms with Gasteiger partial charge >= 0.3 is 0 Å². The Morgan fingerprint density at radius 3 is 2.21 bits per heavy atom. The molecule has 34 heavy (non-hydrogen) atoms. The van der Waals surface area contributed by atoms with E-state index in [1.54, 1.807) is 30.8 Å². The molecule has 0 fully saturated rings. The van der Waals surface area contributed by atoms with Gasteiger partial charge in [-0.05, 0) is 28.8 Å². The zero-order valence-electron chi connectivity index (χ0n) is 19.8. The van der Waals surface area contributed by atoms with Crippen LogP contribution in [0.5, 0.6) is 5.75 Å². The third-order valence-electron chi connectivity index (χ3n) is 5.58. The molecule has 0 heterocycles. The summed E-state index contributed by atoms with van der Waals surface area (Å²) in [4.78, 5) is 28.1. The highest BCUT2D eigenvalue weighted by atomic mass is 32.2. The highest BCUT2D eigenvalue weighted by molar-refractivity contribution is 7.98. The lowest BCUT2D eigenvalue weighted by Gasteiger charge is -2.31. The Hall–Kier alpha value is -3.25. The molecule has 0 radical (unpaired) electrons. The molecule has 5 nitrogen and oxygen atoms in total. The Bertz CT molecular complexity index is 1040. The van der Waals surface area contributed by atoms with Crippen molar-refractivity contribution in [2.75, 3.05) is 19.9 Å². The van der Waals surface area contributed by atoms with Crippen LogP contribution in [0.25, 0.3) is 0 Å². The maximum atomic E-state index is 13.5. The molecule has 6 heteroatoms. The lowest BCUT2D eigenvalue weighted by Crippen LogP contribution is -2.49. The SMILES string of the molecule is CNC(=O)[C@H](Cc1ccccc1)N(Cc1cccc(OC)c1)C(=O)CCSCc1ccccc1. The van der Waals surface area contributed by atoms with E-state index in [9.17, 15) is 9.59 Å². The Morgan fingerprint density at radius 2 is 1.56 bits per heavy atom. The van der Waals surface area contributed by atoms with Gasteiger partial charge in [0.25, 0.3) is 0 Å². The van der Waals surface area contributed by atoms with E-state index < -0.39 is 6.04 Å². The van der Waals surface area contributed by atoms with Gasteiger partial charge in [0.15, 0.2) is 0 Å². The van der Waals surface area contributed by atoms with Gasteiger partial charge in [0.2, 0.25) is 11.8 Å². The van der Waals surface area contributed by atoms with Crippen molar-refractivity contribution in [3.05, 3.63) is 102 Å². The first-order valence-corrected chi connectivity index (χ1v) is 12.6. The first-order chi connectivity index (χ1) is 16.6. The van der Waals surface area contributed by atoms with Gasteiger partial charge < -0.3 is 15.0 Å². The molecule has 1 atom stereocenters. The number of likely N-dealkylation sites (N-methyl/N-ethyl adjacent to an activating group) is 1. The molecular weight excluding hydrogens is 444 g/mol. The van der Waals surface area contributed by atoms with Gasteiger partial charge in [-0.25, -0.2) is 0 Å². The zero-order chi connectivity index (χ0) is 24.2. The fourth-order valence-electron chi connectivity index (χ4n) is 3.76. The van der Waals surface area contributed by atoms with E-state index in [2.05, 4.69) is 17.4 Å². The predicted octanol–water partition coefficient (Wildman–Crippen LogP) is 4.70. The lowest BCUT2D eigenvalue weighted by atomic mass is 10.0. The van der Waals surface area contributed by atoms with Crippen molar-refractivity contribution in [2.24, 2.45) is 0 Å². The lowest BCUT2D eigenvalue weighted by molar-refractivity contribution is -0.140. The van der Waals surface area contributed by atoms with E-state index in [1.807, 2.05) is 72.8 Å². The number of thioether (sulfide) groups is 1. The third kappa shape index (κ3) is 7.66. The van der Waals surface area contributed by atoms with Crippen molar-refractivity contribution < 1.29 is 14.3 Å². The van der Waals surface area contributed by atoms with Gasteiger partial charge in [0.05, 0.1) is 7.11 Å². The largest absolute Gasteiger partial charge is 0.497 e. The maximum Gasteiger partial charge on any atom is 0.242 e. The molecule has 1 N–H and O–H groups in total. The summed E-state index contributed by atoms with van der Waals surface area (Å²) in [6.07, 6.45) is 0.817. The van der Waals surface area contributed by atoms with Crippen LogP contribution < -0.4 is 10.1 Å². The number of benzene rings is 3. The van der Waals surface area contributed by atoms with Crippen LogP contribution in [0.3, 0.4) is 0 Å². The van der Waals surface area contributed by atoms with Gasteiger partial charge in [-0.2, -0.15) is 11.8 Å². The number of carbonyl (C=O) groups is 2. The molecule has 3 rings (SSSR count). The number of hydrogen-bond acceptors (Lipinski definition) is 4. The van der Waals surface area contributed by atoms with Crippen molar-refractivity contribution in [1.29, 1.82) is 0 Å². The molecule has 178 valence electrons. The minimum absolute atomic E-state index is 0.0343. The Kier molecular flexibility index (Phi) is 10.0.